The number of rotatable bonds is 3. The Labute approximate surface area is 124 Å². The van der Waals surface area contributed by atoms with Crippen LogP contribution in [0, 0.1) is 0 Å². The molecule has 0 bridgehead atoms. The van der Waals surface area contributed by atoms with E-state index in [1.165, 1.54) is 4.31 Å². The molecule has 1 aliphatic heterocycles. The van der Waals surface area contributed by atoms with E-state index in [2.05, 4.69) is 4.72 Å². The van der Waals surface area contributed by atoms with Gasteiger partial charge in [0.1, 0.15) is 5.75 Å². The largest absolute Gasteiger partial charge is 0.506 e. The van der Waals surface area contributed by atoms with Crippen molar-refractivity contribution in [1.29, 1.82) is 0 Å². The lowest BCUT2D eigenvalue weighted by atomic mass is 9.89. The van der Waals surface area contributed by atoms with Crippen molar-refractivity contribution in [2.45, 2.75) is 32.3 Å². The predicted molar refractivity (Wildman–Crippen MR) is 79.8 cm³/mol. The molecule has 7 heteroatoms. The molecule has 0 spiro atoms. The van der Waals surface area contributed by atoms with Crippen LogP contribution in [0.3, 0.4) is 0 Å². The molecule has 1 aromatic rings. The highest BCUT2D eigenvalue weighted by atomic mass is 32.2. The monoisotopic (exact) mass is 312 g/mol. The molecule has 1 unspecified atom stereocenters. The van der Waals surface area contributed by atoms with E-state index in [1.54, 1.807) is 12.1 Å². The first kappa shape index (κ1) is 14.6. The van der Waals surface area contributed by atoms with E-state index in [9.17, 15) is 13.5 Å². The minimum Gasteiger partial charge on any atom is -0.506 e. The number of ether oxygens (including phenoxy) is 1. The van der Waals surface area contributed by atoms with E-state index in [4.69, 9.17) is 4.74 Å². The Morgan fingerprint density at radius 2 is 2.24 bits per heavy atom. The molecule has 6 nitrogen and oxygen atoms in total. The summed E-state index contributed by atoms with van der Waals surface area (Å²) in [5.41, 5.74) is 2.51. The number of hydrogen-bond acceptors (Lipinski definition) is 4. The number of aromatic hydroxyl groups is 1. The van der Waals surface area contributed by atoms with E-state index in [1.807, 2.05) is 6.92 Å². The molecule has 1 fully saturated rings. The van der Waals surface area contributed by atoms with Crippen LogP contribution in [-0.2, 0) is 27.8 Å². The number of benzene rings is 1. The van der Waals surface area contributed by atoms with Gasteiger partial charge in [-0.1, -0.05) is 0 Å². The number of hydrogen-bond donors (Lipinski definition) is 2. The summed E-state index contributed by atoms with van der Waals surface area (Å²) < 4.78 is 33.1. The second kappa shape index (κ2) is 5.47. The van der Waals surface area contributed by atoms with Crippen LogP contribution >= 0.6 is 0 Å². The second-order valence-electron chi connectivity index (χ2n) is 5.40. The number of fused-ring (bicyclic) bond motifs is 1. The first-order valence-electron chi connectivity index (χ1n) is 7.25. The molecular weight excluding hydrogens is 292 g/mol. The molecular formula is C14H20N2O4S. The maximum Gasteiger partial charge on any atom is 0.301 e. The molecule has 1 heterocycles. The summed E-state index contributed by atoms with van der Waals surface area (Å²) in [7, 11) is -3.51. The SMILES string of the molecule is CCOC1CCc2cc(N3CCNS3(=O)=O)c(O)cc2C1. The van der Waals surface area contributed by atoms with Gasteiger partial charge >= 0.3 is 10.2 Å². The lowest BCUT2D eigenvalue weighted by Gasteiger charge is -2.26. The normalized spacial score (nSPS) is 24.0. The van der Waals surface area contributed by atoms with Crippen molar-refractivity contribution in [3.63, 3.8) is 0 Å². The van der Waals surface area contributed by atoms with Gasteiger partial charge in [0.05, 0.1) is 11.8 Å². The number of phenolic OH excluding ortho intramolecular Hbond substituents is 1. The fourth-order valence-corrected chi connectivity index (χ4v) is 4.29. The Morgan fingerprint density at radius 1 is 1.43 bits per heavy atom. The summed E-state index contributed by atoms with van der Waals surface area (Å²) in [5, 5.41) is 10.2. The van der Waals surface area contributed by atoms with E-state index in [0.717, 1.165) is 30.4 Å². The third-order valence-electron chi connectivity index (χ3n) is 4.04. The summed E-state index contributed by atoms with van der Waals surface area (Å²) >= 11 is 0. The molecule has 0 amide bonds. The molecule has 0 aromatic heterocycles. The highest BCUT2D eigenvalue weighted by molar-refractivity contribution is 7.91. The zero-order valence-corrected chi connectivity index (χ0v) is 12.8. The molecule has 21 heavy (non-hydrogen) atoms. The average molecular weight is 312 g/mol. The van der Waals surface area contributed by atoms with Crippen LogP contribution in [0.2, 0.25) is 0 Å². The van der Waals surface area contributed by atoms with E-state index < -0.39 is 10.2 Å². The van der Waals surface area contributed by atoms with Crippen molar-refractivity contribution < 1.29 is 18.3 Å². The molecule has 1 aromatic carbocycles. The van der Waals surface area contributed by atoms with Gasteiger partial charge in [-0.15, -0.1) is 0 Å². The summed E-state index contributed by atoms with van der Waals surface area (Å²) in [4.78, 5) is 0. The van der Waals surface area contributed by atoms with Crippen LogP contribution in [0.25, 0.3) is 0 Å². The summed E-state index contributed by atoms with van der Waals surface area (Å²) in [5.74, 6) is 0.0122. The van der Waals surface area contributed by atoms with Crippen molar-refractivity contribution in [3.8, 4) is 5.75 Å². The molecule has 1 aliphatic carbocycles. The molecule has 0 saturated carbocycles. The molecule has 1 atom stereocenters. The summed E-state index contributed by atoms with van der Waals surface area (Å²) in [6, 6.07) is 3.49. The van der Waals surface area contributed by atoms with Crippen molar-refractivity contribution in [3.05, 3.63) is 23.3 Å². The first-order valence-corrected chi connectivity index (χ1v) is 8.69. The van der Waals surface area contributed by atoms with Crippen LogP contribution in [0.1, 0.15) is 24.5 Å². The number of anilines is 1. The highest BCUT2D eigenvalue weighted by Crippen LogP contribution is 2.36. The topological polar surface area (TPSA) is 78.9 Å². The third kappa shape index (κ3) is 2.73. The zero-order chi connectivity index (χ0) is 15.0. The number of nitrogens with one attached hydrogen (secondary N) is 1. The van der Waals surface area contributed by atoms with E-state index in [0.29, 0.717) is 25.4 Å². The van der Waals surface area contributed by atoms with Crippen LogP contribution in [-0.4, -0.2) is 39.3 Å². The van der Waals surface area contributed by atoms with Crippen molar-refractivity contribution >= 4 is 15.9 Å². The van der Waals surface area contributed by atoms with E-state index >= 15 is 0 Å². The fraction of sp³-hybridized carbons (Fsp3) is 0.571. The Morgan fingerprint density at radius 3 is 2.90 bits per heavy atom. The average Bonchev–Trinajstić information content (AvgIpc) is 2.78. The fourth-order valence-electron chi connectivity index (χ4n) is 3.05. The van der Waals surface area contributed by atoms with Gasteiger partial charge in [0.25, 0.3) is 0 Å². The van der Waals surface area contributed by atoms with Crippen LogP contribution < -0.4 is 9.03 Å². The van der Waals surface area contributed by atoms with Gasteiger partial charge < -0.3 is 9.84 Å². The molecule has 2 aliphatic rings. The van der Waals surface area contributed by atoms with Gasteiger partial charge in [-0.25, -0.2) is 0 Å². The summed E-state index contributed by atoms with van der Waals surface area (Å²) in [6.45, 7) is 3.37. The van der Waals surface area contributed by atoms with Gasteiger partial charge in [0.15, 0.2) is 0 Å². The van der Waals surface area contributed by atoms with Gasteiger partial charge in [-0.3, -0.25) is 4.31 Å². The molecule has 2 N–H and O–H groups in total. The van der Waals surface area contributed by atoms with Crippen LogP contribution in [0.5, 0.6) is 5.75 Å². The Balaban J connectivity index is 1.92. The van der Waals surface area contributed by atoms with Gasteiger partial charge in [0.2, 0.25) is 0 Å². The molecule has 3 rings (SSSR count). The number of nitrogens with zero attached hydrogens (tertiary/aromatic N) is 1. The molecule has 0 radical (unpaired) electrons. The van der Waals surface area contributed by atoms with E-state index in [-0.39, 0.29) is 11.9 Å². The quantitative estimate of drug-likeness (QED) is 0.870. The number of aryl methyl sites for hydroxylation is 1. The third-order valence-corrected chi connectivity index (χ3v) is 5.57. The smallest absolute Gasteiger partial charge is 0.301 e. The van der Waals surface area contributed by atoms with Crippen molar-refractivity contribution in [2.75, 3.05) is 24.0 Å². The van der Waals surface area contributed by atoms with Crippen molar-refractivity contribution in [1.82, 2.24) is 4.72 Å². The lowest BCUT2D eigenvalue weighted by Crippen LogP contribution is -2.30. The zero-order valence-electron chi connectivity index (χ0n) is 12.0. The number of phenols is 1. The van der Waals surface area contributed by atoms with Gasteiger partial charge in [-0.05, 0) is 49.4 Å². The van der Waals surface area contributed by atoms with Crippen LogP contribution in [0.15, 0.2) is 12.1 Å². The molecule has 116 valence electrons. The Kier molecular flexibility index (Phi) is 3.81. The lowest BCUT2D eigenvalue weighted by molar-refractivity contribution is 0.0534. The van der Waals surface area contributed by atoms with Crippen molar-refractivity contribution in [2.24, 2.45) is 0 Å². The first-order chi connectivity index (χ1) is 10.0. The standard InChI is InChI=1S/C14H20N2O4S/c1-2-20-12-4-3-10-8-13(14(17)9-11(10)7-12)16-6-5-15-21(16,18)19/h8-9,12,15,17H,2-7H2,1H3. The second-order valence-corrected chi connectivity index (χ2v) is 7.08. The van der Waals surface area contributed by atoms with Gasteiger partial charge in [0, 0.05) is 19.7 Å². The highest BCUT2D eigenvalue weighted by Gasteiger charge is 2.31. The maximum absolute atomic E-state index is 11.9. The van der Waals surface area contributed by atoms with Gasteiger partial charge in [-0.2, -0.15) is 13.1 Å². The summed E-state index contributed by atoms with van der Waals surface area (Å²) in [6.07, 6.45) is 2.72. The Hall–Kier alpha value is -1.31. The Bertz CT molecular complexity index is 645. The molecule has 1 saturated heterocycles. The minimum absolute atomic E-state index is 0.0122. The maximum atomic E-state index is 11.9. The van der Waals surface area contributed by atoms with Crippen LogP contribution in [0.4, 0.5) is 5.69 Å². The minimum atomic E-state index is -3.51. The predicted octanol–water partition coefficient (Wildman–Crippen LogP) is 0.940.